The molecule has 1 aliphatic rings. The molecule has 1 N–H and O–H groups in total. The van der Waals surface area contributed by atoms with Gasteiger partial charge < -0.3 is 29.0 Å². The standard InChI is InChI=1S/C28H35NO8/c1-18-19(2)26(35-21(4)31)27(37-25(18)17-33-20(3)30)36-24-12-10-22(11-13-24)14-15-29-28(32)34-16-23-8-6-5-7-9-23/h5-13,18-19,25-27H,14-17H2,1-4H3,(H,29,32)/t18-,19+,25?,26?,27-/m1/s1. The van der Waals surface area contributed by atoms with Gasteiger partial charge in [0.2, 0.25) is 6.29 Å². The summed E-state index contributed by atoms with van der Waals surface area (Å²) in [5.41, 5.74) is 1.92. The van der Waals surface area contributed by atoms with Crippen LogP contribution in [0.25, 0.3) is 0 Å². The summed E-state index contributed by atoms with van der Waals surface area (Å²) in [6, 6.07) is 16.8. The number of carbonyl (C=O) groups is 3. The Bertz CT molecular complexity index is 1020. The predicted molar refractivity (Wildman–Crippen MR) is 135 cm³/mol. The van der Waals surface area contributed by atoms with E-state index in [1.54, 1.807) is 12.1 Å². The zero-order valence-electron chi connectivity index (χ0n) is 21.7. The smallest absolute Gasteiger partial charge is 0.407 e. The lowest BCUT2D eigenvalue weighted by Crippen LogP contribution is -2.54. The summed E-state index contributed by atoms with van der Waals surface area (Å²) in [4.78, 5) is 34.9. The lowest BCUT2D eigenvalue weighted by atomic mass is 9.83. The molecule has 0 spiro atoms. The van der Waals surface area contributed by atoms with Gasteiger partial charge in [0.15, 0.2) is 6.10 Å². The Kier molecular flexibility index (Phi) is 10.3. The van der Waals surface area contributed by atoms with Crippen molar-refractivity contribution < 1.29 is 38.1 Å². The molecule has 37 heavy (non-hydrogen) atoms. The summed E-state index contributed by atoms with van der Waals surface area (Å²) in [5.74, 6) is -0.399. The highest BCUT2D eigenvalue weighted by Crippen LogP contribution is 2.34. The Morgan fingerprint density at radius 2 is 1.57 bits per heavy atom. The normalized spacial score (nSPS) is 23.0. The van der Waals surface area contributed by atoms with Crippen molar-refractivity contribution in [3.63, 3.8) is 0 Å². The van der Waals surface area contributed by atoms with Gasteiger partial charge in [0.1, 0.15) is 19.0 Å². The van der Waals surface area contributed by atoms with Crippen molar-refractivity contribution in [3.8, 4) is 5.75 Å². The molecule has 1 amide bonds. The first-order valence-corrected chi connectivity index (χ1v) is 12.4. The van der Waals surface area contributed by atoms with Crippen LogP contribution in [0.4, 0.5) is 4.79 Å². The fraction of sp³-hybridized carbons (Fsp3) is 0.464. The molecule has 9 nitrogen and oxygen atoms in total. The van der Waals surface area contributed by atoms with E-state index < -0.39 is 36.5 Å². The van der Waals surface area contributed by atoms with Gasteiger partial charge in [-0.05, 0) is 35.6 Å². The van der Waals surface area contributed by atoms with Gasteiger partial charge in [-0.1, -0.05) is 56.3 Å². The van der Waals surface area contributed by atoms with Crippen LogP contribution in [0.1, 0.15) is 38.8 Å². The SMILES string of the molecule is CC(=O)OCC1O[C@@H](Oc2ccc(CCNC(=O)OCc3ccccc3)cc2)C(OC(C)=O)[C@@H](C)[C@H]1C. The third-order valence-corrected chi connectivity index (χ3v) is 6.34. The number of hydrogen-bond donors (Lipinski definition) is 1. The Labute approximate surface area is 217 Å². The third-order valence-electron chi connectivity index (χ3n) is 6.34. The van der Waals surface area contributed by atoms with Crippen molar-refractivity contribution >= 4 is 18.0 Å². The minimum Gasteiger partial charge on any atom is -0.463 e. The largest absolute Gasteiger partial charge is 0.463 e. The minimum absolute atomic E-state index is 0.0298. The number of benzene rings is 2. The molecule has 0 radical (unpaired) electrons. The van der Waals surface area contributed by atoms with E-state index in [0.29, 0.717) is 18.7 Å². The summed E-state index contributed by atoms with van der Waals surface area (Å²) in [6.07, 6.45) is -1.74. The molecule has 1 heterocycles. The molecule has 1 saturated heterocycles. The van der Waals surface area contributed by atoms with E-state index in [-0.39, 0.29) is 25.0 Å². The van der Waals surface area contributed by atoms with Crippen LogP contribution in [0.5, 0.6) is 5.75 Å². The molecule has 3 rings (SSSR count). The molecule has 2 aromatic rings. The van der Waals surface area contributed by atoms with Crippen molar-refractivity contribution in [3.05, 3.63) is 65.7 Å². The van der Waals surface area contributed by atoms with Crippen molar-refractivity contribution in [2.45, 2.75) is 59.2 Å². The van der Waals surface area contributed by atoms with Crippen molar-refractivity contribution in [1.29, 1.82) is 0 Å². The predicted octanol–water partition coefficient (Wildman–Crippen LogP) is 4.03. The van der Waals surface area contributed by atoms with Crippen molar-refractivity contribution in [1.82, 2.24) is 5.32 Å². The number of ether oxygens (including phenoxy) is 5. The molecule has 1 fully saturated rings. The van der Waals surface area contributed by atoms with Gasteiger partial charge in [0.05, 0.1) is 6.10 Å². The lowest BCUT2D eigenvalue weighted by molar-refractivity contribution is -0.253. The lowest BCUT2D eigenvalue weighted by Gasteiger charge is -2.43. The van der Waals surface area contributed by atoms with Crippen molar-refractivity contribution in [2.24, 2.45) is 11.8 Å². The van der Waals surface area contributed by atoms with Crippen LogP contribution in [0.2, 0.25) is 0 Å². The zero-order chi connectivity index (χ0) is 26.8. The monoisotopic (exact) mass is 513 g/mol. The van der Waals surface area contributed by atoms with Crippen LogP contribution in [-0.4, -0.2) is 49.7 Å². The Morgan fingerprint density at radius 3 is 2.22 bits per heavy atom. The molecular formula is C28H35NO8. The molecular weight excluding hydrogens is 478 g/mol. The molecule has 2 unspecified atom stereocenters. The second-order valence-electron chi connectivity index (χ2n) is 9.14. The second kappa shape index (κ2) is 13.6. The number of nitrogens with one attached hydrogen (secondary N) is 1. The Balaban J connectivity index is 1.52. The van der Waals surface area contributed by atoms with Gasteiger partial charge in [0.25, 0.3) is 0 Å². The summed E-state index contributed by atoms with van der Waals surface area (Å²) in [6.45, 7) is 7.34. The number of rotatable bonds is 10. The van der Waals surface area contributed by atoms with Crippen LogP contribution in [-0.2, 0) is 41.6 Å². The molecule has 5 atom stereocenters. The first-order valence-electron chi connectivity index (χ1n) is 12.4. The summed E-state index contributed by atoms with van der Waals surface area (Å²) in [5, 5.41) is 2.74. The maximum Gasteiger partial charge on any atom is 0.407 e. The highest BCUT2D eigenvalue weighted by Gasteiger charge is 2.45. The quantitative estimate of drug-likeness (QED) is 0.375. The van der Waals surface area contributed by atoms with E-state index >= 15 is 0 Å². The number of amides is 1. The Morgan fingerprint density at radius 1 is 0.865 bits per heavy atom. The van der Waals surface area contributed by atoms with Crippen LogP contribution >= 0.6 is 0 Å². The number of esters is 2. The van der Waals surface area contributed by atoms with E-state index in [2.05, 4.69) is 5.32 Å². The molecule has 0 saturated carbocycles. The maximum atomic E-state index is 11.9. The van der Waals surface area contributed by atoms with Crippen molar-refractivity contribution in [2.75, 3.05) is 13.2 Å². The van der Waals surface area contributed by atoms with E-state index in [1.165, 1.54) is 13.8 Å². The van der Waals surface area contributed by atoms with Gasteiger partial charge in [0, 0.05) is 26.3 Å². The third kappa shape index (κ3) is 8.78. The fourth-order valence-corrected chi connectivity index (χ4v) is 4.05. The first kappa shape index (κ1) is 28.0. The van der Waals surface area contributed by atoms with Gasteiger partial charge in [-0.3, -0.25) is 9.59 Å². The van der Waals surface area contributed by atoms with Gasteiger partial charge in [-0.2, -0.15) is 0 Å². The average Bonchev–Trinajstić information content (AvgIpc) is 2.87. The highest BCUT2D eigenvalue weighted by molar-refractivity contribution is 5.67. The molecule has 0 aliphatic carbocycles. The van der Waals surface area contributed by atoms with Gasteiger partial charge >= 0.3 is 18.0 Å². The molecule has 0 bridgehead atoms. The number of hydrogen-bond acceptors (Lipinski definition) is 8. The number of alkyl carbamates (subject to hydrolysis) is 1. The number of carbonyl (C=O) groups excluding carboxylic acids is 3. The molecule has 9 heteroatoms. The average molecular weight is 514 g/mol. The van der Waals surface area contributed by atoms with E-state index in [4.69, 9.17) is 23.7 Å². The summed E-state index contributed by atoms with van der Waals surface area (Å²) < 4.78 is 28.0. The van der Waals surface area contributed by atoms with Crippen LogP contribution in [0, 0.1) is 11.8 Å². The fourth-order valence-electron chi connectivity index (χ4n) is 4.05. The van der Waals surface area contributed by atoms with Crippen LogP contribution in [0.3, 0.4) is 0 Å². The zero-order valence-corrected chi connectivity index (χ0v) is 21.7. The van der Waals surface area contributed by atoms with Crippen LogP contribution in [0.15, 0.2) is 54.6 Å². The minimum atomic E-state index is -0.859. The first-order chi connectivity index (χ1) is 17.7. The molecule has 0 aromatic heterocycles. The van der Waals surface area contributed by atoms with Crippen LogP contribution < -0.4 is 10.1 Å². The molecule has 2 aromatic carbocycles. The molecule has 200 valence electrons. The topological polar surface area (TPSA) is 109 Å². The summed E-state index contributed by atoms with van der Waals surface area (Å²) in [7, 11) is 0. The van der Waals surface area contributed by atoms with Gasteiger partial charge in [-0.15, -0.1) is 0 Å². The highest BCUT2D eigenvalue weighted by atomic mass is 16.7. The molecule has 1 aliphatic heterocycles. The van der Waals surface area contributed by atoms with E-state index in [0.717, 1.165) is 11.1 Å². The van der Waals surface area contributed by atoms with E-state index in [1.807, 2.05) is 56.3 Å². The van der Waals surface area contributed by atoms with Gasteiger partial charge in [-0.25, -0.2) is 4.79 Å². The summed E-state index contributed by atoms with van der Waals surface area (Å²) >= 11 is 0. The maximum absolute atomic E-state index is 11.9. The second-order valence-corrected chi connectivity index (χ2v) is 9.14. The van der Waals surface area contributed by atoms with E-state index in [9.17, 15) is 14.4 Å². The Hall–Kier alpha value is -3.59.